The molecule has 0 atom stereocenters. The van der Waals surface area contributed by atoms with Gasteiger partial charge in [0.25, 0.3) is 11.8 Å². The van der Waals surface area contributed by atoms with Crippen molar-refractivity contribution >= 4 is 5.91 Å². The van der Waals surface area contributed by atoms with Crippen molar-refractivity contribution in [2.24, 2.45) is 0 Å². The number of carbonyl (C=O) groups is 1. The summed E-state index contributed by atoms with van der Waals surface area (Å²) in [7, 11) is 0. The predicted octanol–water partition coefficient (Wildman–Crippen LogP) is 3.65. The number of benzene rings is 2. The van der Waals surface area contributed by atoms with E-state index >= 15 is 0 Å². The Labute approximate surface area is 152 Å². The summed E-state index contributed by atoms with van der Waals surface area (Å²) < 4.78 is 11.1. The van der Waals surface area contributed by atoms with Gasteiger partial charge in [-0.15, -0.1) is 0 Å². The van der Waals surface area contributed by atoms with E-state index in [-0.39, 0.29) is 12.5 Å². The largest absolute Gasteiger partial charge is 0.483 e. The molecule has 1 aromatic heterocycles. The normalized spacial score (nSPS) is 10.5. The van der Waals surface area contributed by atoms with Gasteiger partial charge in [-0.2, -0.15) is 4.98 Å². The summed E-state index contributed by atoms with van der Waals surface area (Å²) in [5.74, 6) is 1.35. The first-order chi connectivity index (χ1) is 12.7. The second-order valence-electron chi connectivity index (χ2n) is 5.64. The smallest absolute Gasteiger partial charge is 0.262 e. The Morgan fingerprint density at radius 1 is 1.04 bits per heavy atom. The van der Waals surface area contributed by atoms with Gasteiger partial charge in [0.1, 0.15) is 5.75 Å². The number of hydrogen-bond donors (Lipinski definition) is 0. The van der Waals surface area contributed by atoms with E-state index in [4.69, 9.17) is 9.26 Å². The Bertz CT molecular complexity index is 858. The van der Waals surface area contributed by atoms with Crippen LogP contribution in [0.15, 0.2) is 59.1 Å². The van der Waals surface area contributed by atoms with Gasteiger partial charge in [-0.05, 0) is 26.0 Å². The third-order valence-electron chi connectivity index (χ3n) is 4.04. The molecule has 0 N–H and O–H groups in total. The molecule has 2 aromatic carbocycles. The first kappa shape index (κ1) is 17.7. The molecule has 0 saturated heterocycles. The number of likely N-dealkylation sites (N-methyl/N-ethyl adjacent to an activating group) is 1. The lowest BCUT2D eigenvalue weighted by Crippen LogP contribution is -2.34. The molecule has 1 heterocycles. The van der Waals surface area contributed by atoms with Crippen molar-refractivity contribution < 1.29 is 14.1 Å². The Balaban J connectivity index is 1.80. The molecular formula is C20H21N3O3. The van der Waals surface area contributed by atoms with Crippen molar-refractivity contribution in [3.05, 3.63) is 54.6 Å². The third kappa shape index (κ3) is 3.91. The molecule has 26 heavy (non-hydrogen) atoms. The lowest BCUT2D eigenvalue weighted by Gasteiger charge is -2.19. The summed E-state index contributed by atoms with van der Waals surface area (Å²) in [5, 5.41) is 4.04. The van der Waals surface area contributed by atoms with Gasteiger partial charge < -0.3 is 14.2 Å². The second kappa shape index (κ2) is 8.29. The highest BCUT2D eigenvalue weighted by Gasteiger charge is 2.16. The fourth-order valence-corrected chi connectivity index (χ4v) is 2.61. The topological polar surface area (TPSA) is 68.5 Å². The highest BCUT2D eigenvalue weighted by Crippen LogP contribution is 2.30. The molecule has 6 heteroatoms. The fourth-order valence-electron chi connectivity index (χ4n) is 2.61. The zero-order chi connectivity index (χ0) is 18.4. The first-order valence-electron chi connectivity index (χ1n) is 8.62. The number of hydrogen-bond acceptors (Lipinski definition) is 5. The van der Waals surface area contributed by atoms with Crippen molar-refractivity contribution in [2.75, 3.05) is 19.7 Å². The van der Waals surface area contributed by atoms with E-state index in [0.717, 1.165) is 5.56 Å². The molecule has 0 radical (unpaired) electrons. The summed E-state index contributed by atoms with van der Waals surface area (Å²) in [5.41, 5.74) is 1.53. The molecule has 0 fully saturated rings. The number of para-hydroxylation sites is 1. The summed E-state index contributed by atoms with van der Waals surface area (Å²) in [4.78, 5) is 18.3. The van der Waals surface area contributed by atoms with Crippen molar-refractivity contribution in [3.63, 3.8) is 0 Å². The number of aromatic nitrogens is 2. The van der Waals surface area contributed by atoms with Gasteiger partial charge in [0, 0.05) is 18.7 Å². The van der Waals surface area contributed by atoms with Crippen LogP contribution >= 0.6 is 0 Å². The summed E-state index contributed by atoms with van der Waals surface area (Å²) in [6.45, 7) is 5.17. The molecular weight excluding hydrogens is 330 g/mol. The second-order valence-corrected chi connectivity index (χ2v) is 5.64. The van der Waals surface area contributed by atoms with Crippen LogP contribution in [0.4, 0.5) is 0 Å². The molecule has 0 aliphatic heterocycles. The zero-order valence-electron chi connectivity index (χ0n) is 14.9. The van der Waals surface area contributed by atoms with Crippen LogP contribution in [0.25, 0.3) is 22.8 Å². The van der Waals surface area contributed by atoms with E-state index in [2.05, 4.69) is 10.1 Å². The number of amides is 1. The molecule has 0 unspecified atom stereocenters. The SMILES string of the molecule is CCN(CC)C(=O)COc1ccccc1-c1nc(-c2ccccc2)no1. The van der Waals surface area contributed by atoms with Crippen LogP contribution in [0, 0.1) is 0 Å². The molecule has 0 bridgehead atoms. The van der Waals surface area contributed by atoms with Crippen LogP contribution in [0.3, 0.4) is 0 Å². The molecule has 134 valence electrons. The Morgan fingerprint density at radius 3 is 2.46 bits per heavy atom. The predicted molar refractivity (Wildman–Crippen MR) is 98.6 cm³/mol. The van der Waals surface area contributed by atoms with Crippen LogP contribution < -0.4 is 4.74 Å². The minimum absolute atomic E-state index is 0.0294. The maximum absolute atomic E-state index is 12.2. The van der Waals surface area contributed by atoms with Crippen LogP contribution in [-0.2, 0) is 4.79 Å². The maximum Gasteiger partial charge on any atom is 0.262 e. The van der Waals surface area contributed by atoms with Gasteiger partial charge in [0.05, 0.1) is 5.56 Å². The molecule has 0 saturated carbocycles. The maximum atomic E-state index is 12.2. The van der Waals surface area contributed by atoms with E-state index in [9.17, 15) is 4.79 Å². The molecule has 1 amide bonds. The van der Waals surface area contributed by atoms with Crippen molar-refractivity contribution in [1.29, 1.82) is 0 Å². The van der Waals surface area contributed by atoms with Crippen LogP contribution in [-0.4, -0.2) is 40.6 Å². The lowest BCUT2D eigenvalue weighted by atomic mass is 10.2. The number of rotatable bonds is 7. The van der Waals surface area contributed by atoms with Gasteiger partial charge in [0.15, 0.2) is 6.61 Å². The van der Waals surface area contributed by atoms with Gasteiger partial charge >= 0.3 is 0 Å². The van der Waals surface area contributed by atoms with Crippen molar-refractivity contribution in [2.45, 2.75) is 13.8 Å². The number of nitrogens with zero attached hydrogens (tertiary/aromatic N) is 3. The average Bonchev–Trinajstić information content (AvgIpc) is 3.18. The van der Waals surface area contributed by atoms with E-state index < -0.39 is 0 Å². The highest BCUT2D eigenvalue weighted by atomic mass is 16.5. The first-order valence-corrected chi connectivity index (χ1v) is 8.62. The van der Waals surface area contributed by atoms with Crippen LogP contribution in [0.5, 0.6) is 5.75 Å². The fraction of sp³-hybridized carbons (Fsp3) is 0.250. The average molecular weight is 351 g/mol. The van der Waals surface area contributed by atoms with Crippen molar-refractivity contribution in [3.8, 4) is 28.6 Å². The van der Waals surface area contributed by atoms with E-state index in [0.29, 0.717) is 36.1 Å². The minimum Gasteiger partial charge on any atom is -0.483 e. The van der Waals surface area contributed by atoms with E-state index in [1.54, 1.807) is 11.0 Å². The Morgan fingerprint density at radius 2 is 1.73 bits per heavy atom. The lowest BCUT2D eigenvalue weighted by molar-refractivity contribution is -0.132. The van der Waals surface area contributed by atoms with Gasteiger partial charge in [-0.1, -0.05) is 47.6 Å². The molecule has 0 aliphatic rings. The highest BCUT2D eigenvalue weighted by molar-refractivity contribution is 5.78. The number of carbonyl (C=O) groups excluding carboxylic acids is 1. The molecule has 6 nitrogen and oxygen atoms in total. The minimum atomic E-state index is -0.0553. The Kier molecular flexibility index (Phi) is 5.63. The van der Waals surface area contributed by atoms with Gasteiger partial charge in [0.2, 0.25) is 5.82 Å². The number of ether oxygens (including phenoxy) is 1. The standard InChI is InChI=1S/C20H21N3O3/c1-3-23(4-2)18(24)14-25-17-13-9-8-12-16(17)20-21-19(22-26-20)15-10-6-5-7-11-15/h5-13H,3-4,14H2,1-2H3. The third-order valence-corrected chi connectivity index (χ3v) is 4.04. The molecule has 0 spiro atoms. The van der Waals surface area contributed by atoms with E-state index in [1.807, 2.05) is 62.4 Å². The van der Waals surface area contributed by atoms with Crippen molar-refractivity contribution in [1.82, 2.24) is 15.0 Å². The van der Waals surface area contributed by atoms with E-state index in [1.165, 1.54) is 0 Å². The van der Waals surface area contributed by atoms with Crippen LogP contribution in [0.2, 0.25) is 0 Å². The summed E-state index contributed by atoms with van der Waals surface area (Å²) in [6, 6.07) is 16.9. The Hall–Kier alpha value is -3.15. The zero-order valence-corrected chi connectivity index (χ0v) is 14.9. The summed E-state index contributed by atoms with van der Waals surface area (Å²) >= 11 is 0. The summed E-state index contributed by atoms with van der Waals surface area (Å²) in [6.07, 6.45) is 0. The molecule has 0 aliphatic carbocycles. The van der Waals surface area contributed by atoms with Gasteiger partial charge in [-0.3, -0.25) is 4.79 Å². The van der Waals surface area contributed by atoms with Crippen LogP contribution in [0.1, 0.15) is 13.8 Å². The molecule has 3 aromatic rings. The quantitative estimate of drug-likeness (QED) is 0.650. The molecule has 3 rings (SSSR count). The monoisotopic (exact) mass is 351 g/mol. The van der Waals surface area contributed by atoms with Gasteiger partial charge in [-0.25, -0.2) is 0 Å².